The average Bonchev–Trinajstić information content (AvgIpc) is 3.36. The maximum Gasteiger partial charge on any atom is 0.419 e. The molecular weight excluding hydrogens is 426 g/mol. The highest BCUT2D eigenvalue weighted by molar-refractivity contribution is 6.32. The van der Waals surface area contributed by atoms with Gasteiger partial charge in [-0.15, -0.1) is 0 Å². The fourth-order valence-electron chi connectivity index (χ4n) is 3.20. The summed E-state index contributed by atoms with van der Waals surface area (Å²) in [4.78, 5) is 38.6. The van der Waals surface area contributed by atoms with Crippen molar-refractivity contribution in [2.75, 3.05) is 5.32 Å². The molecule has 10 nitrogen and oxygen atoms in total. The Bertz CT molecular complexity index is 1330. The molecule has 31 heavy (non-hydrogen) atoms. The van der Waals surface area contributed by atoms with Crippen LogP contribution in [0.15, 0.2) is 64.3 Å². The second kappa shape index (κ2) is 8.44. The molecule has 2 aromatic carbocycles. The molecule has 2 heterocycles. The van der Waals surface area contributed by atoms with E-state index in [9.17, 15) is 19.7 Å². The molecule has 0 radical (unpaired) electrons. The predicted octanol–water partition coefficient (Wildman–Crippen LogP) is 3.76. The molecule has 0 spiro atoms. The molecule has 0 aliphatic heterocycles. The molecule has 0 aliphatic rings. The predicted molar refractivity (Wildman–Crippen MR) is 114 cm³/mol. The Labute approximate surface area is 179 Å². The van der Waals surface area contributed by atoms with Gasteiger partial charge in [0.1, 0.15) is 0 Å². The van der Waals surface area contributed by atoms with Crippen molar-refractivity contribution in [1.29, 1.82) is 0 Å². The van der Waals surface area contributed by atoms with Crippen LogP contribution in [0.25, 0.3) is 16.8 Å². The minimum atomic E-state index is -0.627. The first-order valence-electron chi connectivity index (χ1n) is 9.28. The average molecular weight is 442 g/mol. The number of anilines is 1. The van der Waals surface area contributed by atoms with Crippen LogP contribution < -0.4 is 11.1 Å². The summed E-state index contributed by atoms with van der Waals surface area (Å²) in [5.41, 5.74) is 1.71. The Morgan fingerprint density at radius 2 is 2.10 bits per heavy atom. The number of nitrogens with one attached hydrogen (secondary N) is 1. The largest absolute Gasteiger partial charge is 0.419 e. The zero-order chi connectivity index (χ0) is 22.0. The summed E-state index contributed by atoms with van der Waals surface area (Å²) < 4.78 is 8.19. The van der Waals surface area contributed by atoms with Crippen molar-refractivity contribution in [3.05, 3.63) is 80.8 Å². The summed E-state index contributed by atoms with van der Waals surface area (Å²) in [6.45, 7) is 0.234. The van der Waals surface area contributed by atoms with Gasteiger partial charge in [0.05, 0.1) is 33.5 Å². The SMILES string of the molecule is O=C(CCCn1c(=O)oc2cc([N+](=O)[O-])ccc21)Nc1ccc(-n2ccnc2)c(Cl)c1. The molecule has 0 fully saturated rings. The van der Waals surface area contributed by atoms with E-state index in [4.69, 9.17) is 16.0 Å². The molecule has 2 aromatic heterocycles. The van der Waals surface area contributed by atoms with Gasteiger partial charge in [-0.2, -0.15) is 0 Å². The lowest BCUT2D eigenvalue weighted by molar-refractivity contribution is -0.384. The van der Waals surface area contributed by atoms with E-state index in [1.54, 1.807) is 41.5 Å². The number of imidazole rings is 1. The fourth-order valence-corrected chi connectivity index (χ4v) is 3.48. The van der Waals surface area contributed by atoms with Crippen LogP contribution in [0.2, 0.25) is 5.02 Å². The van der Waals surface area contributed by atoms with Gasteiger partial charge in [0.15, 0.2) is 5.58 Å². The molecule has 4 rings (SSSR count). The van der Waals surface area contributed by atoms with Crippen molar-refractivity contribution in [3.63, 3.8) is 0 Å². The van der Waals surface area contributed by atoms with E-state index in [2.05, 4.69) is 10.3 Å². The number of aryl methyl sites for hydroxylation is 1. The third kappa shape index (κ3) is 4.33. The first kappa shape index (κ1) is 20.4. The number of amides is 1. The van der Waals surface area contributed by atoms with Crippen LogP contribution in [0.4, 0.5) is 11.4 Å². The van der Waals surface area contributed by atoms with Crippen molar-refractivity contribution in [2.45, 2.75) is 19.4 Å². The molecule has 0 unspecified atom stereocenters. The molecule has 0 atom stereocenters. The molecule has 11 heteroatoms. The zero-order valence-corrected chi connectivity index (χ0v) is 16.8. The van der Waals surface area contributed by atoms with Crippen molar-refractivity contribution in [2.24, 2.45) is 0 Å². The number of non-ortho nitro benzene ring substituents is 1. The Hall–Kier alpha value is -3.92. The molecule has 0 aliphatic carbocycles. The molecule has 0 saturated heterocycles. The van der Waals surface area contributed by atoms with Gasteiger partial charge >= 0.3 is 5.76 Å². The van der Waals surface area contributed by atoms with Gasteiger partial charge in [-0.1, -0.05) is 11.6 Å². The highest BCUT2D eigenvalue weighted by Crippen LogP contribution is 2.24. The van der Waals surface area contributed by atoms with Gasteiger partial charge in [0, 0.05) is 37.1 Å². The van der Waals surface area contributed by atoms with Crippen LogP contribution in [0.5, 0.6) is 0 Å². The number of halogens is 1. The number of carbonyl (C=O) groups is 1. The number of nitrogens with zero attached hydrogens (tertiary/aromatic N) is 4. The van der Waals surface area contributed by atoms with Crippen LogP contribution in [-0.2, 0) is 11.3 Å². The number of carbonyl (C=O) groups excluding carboxylic acids is 1. The first-order chi connectivity index (χ1) is 14.9. The van der Waals surface area contributed by atoms with Gasteiger partial charge < -0.3 is 14.3 Å². The molecule has 0 bridgehead atoms. The van der Waals surface area contributed by atoms with Crippen molar-refractivity contribution in [3.8, 4) is 5.69 Å². The highest BCUT2D eigenvalue weighted by Gasteiger charge is 2.14. The second-order valence-electron chi connectivity index (χ2n) is 6.72. The van der Waals surface area contributed by atoms with Crippen LogP contribution >= 0.6 is 11.6 Å². The number of nitro groups is 1. The van der Waals surface area contributed by atoms with E-state index in [-0.39, 0.29) is 30.1 Å². The van der Waals surface area contributed by atoms with Crippen molar-refractivity contribution in [1.82, 2.24) is 14.1 Å². The topological polar surface area (TPSA) is 125 Å². The zero-order valence-electron chi connectivity index (χ0n) is 16.0. The quantitative estimate of drug-likeness (QED) is 0.344. The summed E-state index contributed by atoms with van der Waals surface area (Å²) in [6, 6.07) is 9.13. The van der Waals surface area contributed by atoms with E-state index in [1.165, 1.54) is 22.8 Å². The maximum atomic E-state index is 12.3. The monoisotopic (exact) mass is 441 g/mol. The molecule has 158 valence electrons. The second-order valence-corrected chi connectivity index (χ2v) is 7.12. The standard InChI is InChI=1S/C20H16ClN5O5/c21-15-10-13(3-5-16(15)24-9-7-22-12-24)23-19(27)2-1-8-25-17-6-4-14(26(29)30)11-18(17)31-20(25)28/h3-7,9-12H,1-2,8H2,(H,23,27). The number of aromatic nitrogens is 3. The smallest absolute Gasteiger partial charge is 0.407 e. The van der Waals surface area contributed by atoms with Crippen molar-refractivity contribution < 1.29 is 14.1 Å². The summed E-state index contributed by atoms with van der Waals surface area (Å²) in [6.07, 6.45) is 5.56. The first-order valence-corrected chi connectivity index (χ1v) is 9.65. The molecule has 1 N–H and O–H groups in total. The lowest BCUT2D eigenvalue weighted by atomic mass is 10.2. The molecule has 0 saturated carbocycles. The van der Waals surface area contributed by atoms with Gasteiger partial charge in [-0.25, -0.2) is 9.78 Å². The van der Waals surface area contributed by atoms with E-state index in [1.807, 2.05) is 0 Å². The molecular formula is C20H16ClN5O5. The minimum Gasteiger partial charge on any atom is -0.407 e. The van der Waals surface area contributed by atoms with Gasteiger partial charge in [0.2, 0.25) is 5.91 Å². The van der Waals surface area contributed by atoms with Gasteiger partial charge in [-0.05, 0) is 30.7 Å². The third-order valence-electron chi connectivity index (χ3n) is 4.66. The van der Waals surface area contributed by atoms with Crippen LogP contribution in [0, 0.1) is 10.1 Å². The lowest BCUT2D eigenvalue weighted by Crippen LogP contribution is -2.17. The highest BCUT2D eigenvalue weighted by atomic mass is 35.5. The number of hydrogen-bond acceptors (Lipinski definition) is 6. The van der Waals surface area contributed by atoms with Gasteiger partial charge in [-0.3, -0.25) is 19.5 Å². The third-order valence-corrected chi connectivity index (χ3v) is 4.96. The van der Waals surface area contributed by atoms with Gasteiger partial charge in [0.25, 0.3) is 5.69 Å². The molecule has 1 amide bonds. The number of hydrogen-bond donors (Lipinski definition) is 1. The Morgan fingerprint density at radius 1 is 1.26 bits per heavy atom. The maximum absolute atomic E-state index is 12.3. The number of oxazole rings is 1. The van der Waals surface area contributed by atoms with E-state index >= 15 is 0 Å². The van der Waals surface area contributed by atoms with E-state index < -0.39 is 10.7 Å². The van der Waals surface area contributed by atoms with E-state index in [0.717, 1.165) is 5.69 Å². The summed E-state index contributed by atoms with van der Waals surface area (Å²) in [7, 11) is 0. The number of rotatable bonds is 7. The summed E-state index contributed by atoms with van der Waals surface area (Å²) in [5.74, 6) is -0.860. The summed E-state index contributed by atoms with van der Waals surface area (Å²) in [5, 5.41) is 14.1. The normalized spacial score (nSPS) is 11.0. The van der Waals surface area contributed by atoms with Crippen LogP contribution in [0.1, 0.15) is 12.8 Å². The number of benzene rings is 2. The van der Waals surface area contributed by atoms with Crippen LogP contribution in [-0.4, -0.2) is 24.9 Å². The minimum absolute atomic E-state index is 0.135. The fraction of sp³-hybridized carbons (Fsp3) is 0.150. The molecule has 4 aromatic rings. The van der Waals surface area contributed by atoms with E-state index in [0.29, 0.717) is 22.6 Å². The van der Waals surface area contributed by atoms with Crippen molar-refractivity contribution >= 4 is 40.0 Å². The Balaban J connectivity index is 1.37. The Kier molecular flexibility index (Phi) is 5.54. The summed E-state index contributed by atoms with van der Waals surface area (Å²) >= 11 is 6.29. The number of nitro benzene ring substituents is 1. The Morgan fingerprint density at radius 3 is 2.81 bits per heavy atom. The van der Waals surface area contributed by atoms with Crippen LogP contribution in [0.3, 0.4) is 0 Å². The lowest BCUT2D eigenvalue weighted by Gasteiger charge is -2.09. The number of fused-ring (bicyclic) bond motifs is 1.